The van der Waals surface area contributed by atoms with Gasteiger partial charge < -0.3 is 14.2 Å². The normalized spacial score (nSPS) is 13.0. The fraction of sp³-hybridized carbons (Fsp3) is 0.635. The molecule has 0 rings (SSSR count). The van der Waals surface area contributed by atoms with Crippen LogP contribution in [-0.4, -0.2) is 37.2 Å². The Kier molecular flexibility index (Phi) is 53.0. The number of hydrogen-bond acceptors (Lipinski definition) is 6. The quantitative estimate of drug-likeness (QED) is 0.0262. The van der Waals surface area contributed by atoms with E-state index in [2.05, 4.69) is 136 Å². The van der Waals surface area contributed by atoms with Crippen LogP contribution in [0.1, 0.15) is 239 Å². The summed E-state index contributed by atoms with van der Waals surface area (Å²) >= 11 is 0. The van der Waals surface area contributed by atoms with Crippen LogP contribution in [0.5, 0.6) is 0 Å². The molecule has 0 heterocycles. The van der Waals surface area contributed by atoms with E-state index in [-0.39, 0.29) is 37.5 Å². The number of carbonyl (C=O) groups excluding carboxylic acids is 3. The van der Waals surface area contributed by atoms with Crippen molar-refractivity contribution in [2.45, 2.75) is 245 Å². The molecule has 0 unspecified atom stereocenters. The Hall–Kier alpha value is -4.19. The van der Waals surface area contributed by atoms with Crippen LogP contribution in [0.15, 0.2) is 122 Å². The summed E-state index contributed by atoms with van der Waals surface area (Å²) in [7, 11) is 0. The molecule has 0 saturated heterocycles. The second-order valence-corrected chi connectivity index (χ2v) is 18.1. The van der Waals surface area contributed by atoms with Crippen molar-refractivity contribution in [3.05, 3.63) is 122 Å². The maximum absolute atomic E-state index is 12.8. The molecule has 0 bridgehead atoms. The van der Waals surface area contributed by atoms with E-state index in [0.29, 0.717) is 19.3 Å². The van der Waals surface area contributed by atoms with Crippen LogP contribution in [0.3, 0.4) is 0 Å². The van der Waals surface area contributed by atoms with Gasteiger partial charge in [-0.1, -0.05) is 219 Å². The first kappa shape index (κ1) is 64.8. The number of rotatable bonds is 49. The molecular weight excluding hydrogens is 853 g/mol. The fourth-order valence-corrected chi connectivity index (χ4v) is 7.23. The van der Waals surface area contributed by atoms with Crippen LogP contribution in [0.2, 0.25) is 0 Å². The highest BCUT2D eigenvalue weighted by atomic mass is 16.6. The van der Waals surface area contributed by atoms with E-state index >= 15 is 0 Å². The highest BCUT2D eigenvalue weighted by Crippen LogP contribution is 2.13. The topological polar surface area (TPSA) is 78.9 Å². The summed E-state index contributed by atoms with van der Waals surface area (Å²) < 4.78 is 16.8. The highest BCUT2D eigenvalue weighted by Gasteiger charge is 2.19. The third-order valence-electron chi connectivity index (χ3n) is 11.4. The predicted molar refractivity (Wildman–Crippen MR) is 297 cm³/mol. The first-order chi connectivity index (χ1) is 34.0. The van der Waals surface area contributed by atoms with Gasteiger partial charge in [0.05, 0.1) is 0 Å². The number of ether oxygens (including phenoxy) is 3. The standard InChI is InChI=1S/C63H102O6/c1-4-7-10-13-16-19-22-25-28-30-31-33-36-38-41-44-47-50-53-56-62(65)68-59-60(69-63(66)57-54-51-48-45-42-39-34-27-24-21-18-15-12-9-6-3)58-67-61(64)55-52-49-46-43-40-37-35-32-29-26-23-20-17-14-11-8-5-2/h7,10,16-17,19-21,24-26,28-29,31,33,35,37-38,41,47,50,60H,4-6,8-9,11-15,18,22-23,27,30,32,34,36,39-40,42-46,48-49,51-59H2,1-3H3/b10-7-,19-16-,20-17-,24-21-,28-25-,29-26-,33-31-,37-35-,41-38-,50-47-/t60-/m0/s1. The first-order valence-corrected chi connectivity index (χ1v) is 28.0. The molecule has 0 fully saturated rings. The molecule has 0 N–H and O–H groups in total. The number of esters is 3. The minimum absolute atomic E-state index is 0.118. The lowest BCUT2D eigenvalue weighted by molar-refractivity contribution is -0.166. The number of allylic oxidation sites excluding steroid dienone is 20. The monoisotopic (exact) mass is 955 g/mol. The van der Waals surface area contributed by atoms with Crippen molar-refractivity contribution in [1.29, 1.82) is 0 Å². The Morgan fingerprint density at radius 2 is 0.594 bits per heavy atom. The third kappa shape index (κ3) is 54.6. The van der Waals surface area contributed by atoms with Gasteiger partial charge in [0.1, 0.15) is 13.2 Å². The van der Waals surface area contributed by atoms with Gasteiger partial charge in [-0.2, -0.15) is 0 Å². The molecule has 0 amide bonds. The van der Waals surface area contributed by atoms with Gasteiger partial charge in [0.2, 0.25) is 0 Å². The van der Waals surface area contributed by atoms with Crippen molar-refractivity contribution in [2.24, 2.45) is 0 Å². The molecule has 6 nitrogen and oxygen atoms in total. The molecule has 0 aliphatic heterocycles. The van der Waals surface area contributed by atoms with Gasteiger partial charge in [0.25, 0.3) is 0 Å². The van der Waals surface area contributed by atoms with Crippen LogP contribution in [0.25, 0.3) is 0 Å². The van der Waals surface area contributed by atoms with Gasteiger partial charge >= 0.3 is 17.9 Å². The molecule has 6 heteroatoms. The van der Waals surface area contributed by atoms with E-state index in [0.717, 1.165) is 103 Å². The smallest absolute Gasteiger partial charge is 0.306 e. The van der Waals surface area contributed by atoms with Gasteiger partial charge in [-0.15, -0.1) is 0 Å². The van der Waals surface area contributed by atoms with E-state index < -0.39 is 6.10 Å². The Balaban J connectivity index is 4.56. The van der Waals surface area contributed by atoms with Gasteiger partial charge in [0.15, 0.2) is 6.10 Å². The minimum atomic E-state index is -0.824. The van der Waals surface area contributed by atoms with Crippen molar-refractivity contribution in [2.75, 3.05) is 13.2 Å². The molecular formula is C63H102O6. The second-order valence-electron chi connectivity index (χ2n) is 18.1. The second kappa shape index (κ2) is 56.4. The maximum atomic E-state index is 12.8. The van der Waals surface area contributed by atoms with Gasteiger partial charge in [0, 0.05) is 19.3 Å². The summed E-state index contributed by atoms with van der Waals surface area (Å²) in [6.07, 6.45) is 77.6. The number of hydrogen-bond donors (Lipinski definition) is 0. The van der Waals surface area contributed by atoms with Crippen molar-refractivity contribution in [3.8, 4) is 0 Å². The van der Waals surface area contributed by atoms with Gasteiger partial charge in [-0.25, -0.2) is 0 Å². The van der Waals surface area contributed by atoms with E-state index in [4.69, 9.17) is 14.2 Å². The Morgan fingerprint density at radius 3 is 1.01 bits per heavy atom. The lowest BCUT2D eigenvalue weighted by Gasteiger charge is -2.18. The lowest BCUT2D eigenvalue weighted by atomic mass is 10.1. The molecule has 0 aromatic rings. The summed E-state index contributed by atoms with van der Waals surface area (Å²) in [4.78, 5) is 38.1. The summed E-state index contributed by atoms with van der Waals surface area (Å²) in [6.45, 7) is 6.39. The molecule has 0 saturated carbocycles. The largest absolute Gasteiger partial charge is 0.462 e. The van der Waals surface area contributed by atoms with Crippen molar-refractivity contribution >= 4 is 17.9 Å². The zero-order chi connectivity index (χ0) is 50.0. The SMILES string of the molecule is CC/C=C\C/C=C\C/C=C\C/C=C\C/C=C\C/C=C\CCC(=O)OC[C@H](COC(=O)CCCCCC/C=C\C/C=C\C/C=C\CCCCC)OC(=O)CCCCCCCCC/C=C\CCCCCC. The van der Waals surface area contributed by atoms with E-state index in [1.807, 2.05) is 6.08 Å². The van der Waals surface area contributed by atoms with Crippen LogP contribution >= 0.6 is 0 Å². The average Bonchev–Trinajstić information content (AvgIpc) is 3.35. The number of unbranched alkanes of at least 4 members (excludes halogenated alkanes) is 18. The van der Waals surface area contributed by atoms with Crippen molar-refractivity contribution in [3.63, 3.8) is 0 Å². The van der Waals surface area contributed by atoms with Crippen LogP contribution < -0.4 is 0 Å². The first-order valence-electron chi connectivity index (χ1n) is 28.0. The highest BCUT2D eigenvalue weighted by molar-refractivity contribution is 5.71. The van der Waals surface area contributed by atoms with E-state index in [1.165, 1.54) is 89.9 Å². The average molecular weight is 956 g/mol. The molecule has 0 aromatic carbocycles. The predicted octanol–water partition coefficient (Wildman–Crippen LogP) is 18.9. The minimum Gasteiger partial charge on any atom is -0.462 e. The molecule has 0 aliphatic rings. The third-order valence-corrected chi connectivity index (χ3v) is 11.4. The molecule has 1 atom stereocenters. The summed E-state index contributed by atoms with van der Waals surface area (Å²) in [5.74, 6) is -1.03. The molecule has 0 aliphatic carbocycles. The molecule has 0 aromatic heterocycles. The molecule has 69 heavy (non-hydrogen) atoms. The zero-order valence-corrected chi connectivity index (χ0v) is 44.5. The molecule has 0 spiro atoms. The molecule has 0 radical (unpaired) electrons. The summed E-state index contributed by atoms with van der Waals surface area (Å²) in [6, 6.07) is 0. The Morgan fingerprint density at radius 1 is 0.304 bits per heavy atom. The van der Waals surface area contributed by atoms with Crippen molar-refractivity contribution < 1.29 is 28.6 Å². The van der Waals surface area contributed by atoms with Gasteiger partial charge in [-0.05, 0) is 122 Å². The Labute approximate surface area is 424 Å². The van der Waals surface area contributed by atoms with Gasteiger partial charge in [-0.3, -0.25) is 14.4 Å². The lowest BCUT2D eigenvalue weighted by Crippen LogP contribution is -2.30. The molecule has 390 valence electrons. The summed E-state index contributed by atoms with van der Waals surface area (Å²) in [5, 5.41) is 0. The van der Waals surface area contributed by atoms with Crippen molar-refractivity contribution in [1.82, 2.24) is 0 Å². The van der Waals surface area contributed by atoms with E-state index in [1.54, 1.807) is 0 Å². The van der Waals surface area contributed by atoms with Crippen LogP contribution in [-0.2, 0) is 28.6 Å². The van der Waals surface area contributed by atoms with Crippen LogP contribution in [0.4, 0.5) is 0 Å². The maximum Gasteiger partial charge on any atom is 0.306 e. The van der Waals surface area contributed by atoms with Crippen LogP contribution in [0, 0.1) is 0 Å². The fourth-order valence-electron chi connectivity index (χ4n) is 7.23. The van der Waals surface area contributed by atoms with E-state index in [9.17, 15) is 14.4 Å². The Bertz CT molecular complexity index is 1470. The zero-order valence-electron chi connectivity index (χ0n) is 44.5. The summed E-state index contributed by atoms with van der Waals surface area (Å²) in [5.41, 5.74) is 0. The number of carbonyl (C=O) groups is 3.